The molecule has 16 heavy (non-hydrogen) atoms. The monoisotopic (exact) mass is 243 g/mol. The maximum atomic E-state index is 11.2. The highest BCUT2D eigenvalue weighted by Gasteiger charge is 2.14. The van der Waals surface area contributed by atoms with Crippen LogP contribution < -0.4 is 11.1 Å². The molecule has 0 saturated heterocycles. The van der Waals surface area contributed by atoms with Crippen molar-refractivity contribution in [2.75, 3.05) is 5.32 Å². The molecule has 1 atom stereocenters. The number of nitrogens with two attached hydrogens (primary N) is 1. The van der Waals surface area contributed by atoms with E-state index in [0.717, 1.165) is 0 Å². The summed E-state index contributed by atoms with van der Waals surface area (Å²) in [5, 5.41) is 12.9. The van der Waals surface area contributed by atoms with Crippen LogP contribution >= 0.6 is 11.6 Å². The minimum atomic E-state index is -0.658. The molecule has 1 rings (SSSR count). The number of nitrogens with one attached hydrogen (secondary N) is 1. The second kappa shape index (κ2) is 4.91. The van der Waals surface area contributed by atoms with Crippen LogP contribution in [0.2, 0.25) is 5.02 Å². The molecule has 0 unspecified atom stereocenters. The molecular weight excluding hydrogens is 234 g/mol. The van der Waals surface area contributed by atoms with Gasteiger partial charge in [-0.1, -0.05) is 11.6 Å². The molecule has 0 radical (unpaired) electrons. The van der Waals surface area contributed by atoms with Gasteiger partial charge in [0.05, 0.1) is 11.0 Å². The number of carbonyl (C=O) groups excluding carboxylic acids is 1. The zero-order valence-corrected chi connectivity index (χ0v) is 9.19. The van der Waals surface area contributed by atoms with Crippen molar-refractivity contribution in [1.82, 2.24) is 0 Å². The van der Waals surface area contributed by atoms with Gasteiger partial charge in [0, 0.05) is 11.8 Å². The Bertz CT molecular complexity index is 434. The van der Waals surface area contributed by atoms with Crippen LogP contribution in [0, 0.1) is 10.1 Å². The molecular formula is C9H10ClN3O3. The summed E-state index contributed by atoms with van der Waals surface area (Å²) in [6.45, 7) is 1.53. The minimum Gasteiger partial charge on any atom is -0.325 e. The summed E-state index contributed by atoms with van der Waals surface area (Å²) in [7, 11) is 0. The molecule has 86 valence electrons. The average Bonchev–Trinajstić information content (AvgIpc) is 2.16. The lowest BCUT2D eigenvalue weighted by atomic mass is 10.2. The first kappa shape index (κ1) is 12.4. The summed E-state index contributed by atoms with van der Waals surface area (Å²) < 4.78 is 0. The summed E-state index contributed by atoms with van der Waals surface area (Å²) in [5.74, 6) is -0.384. The van der Waals surface area contributed by atoms with Gasteiger partial charge in [0.25, 0.3) is 5.69 Å². The third-order valence-electron chi connectivity index (χ3n) is 1.83. The van der Waals surface area contributed by atoms with Gasteiger partial charge in [0.2, 0.25) is 5.91 Å². The lowest BCUT2D eigenvalue weighted by molar-refractivity contribution is -0.384. The highest BCUT2D eigenvalue weighted by molar-refractivity contribution is 6.33. The first-order valence-electron chi connectivity index (χ1n) is 4.42. The second-order valence-corrected chi connectivity index (χ2v) is 3.61. The Balaban J connectivity index is 2.90. The Morgan fingerprint density at radius 1 is 1.62 bits per heavy atom. The fraction of sp³-hybridized carbons (Fsp3) is 0.222. The van der Waals surface area contributed by atoms with Gasteiger partial charge in [0.15, 0.2) is 0 Å². The average molecular weight is 244 g/mol. The van der Waals surface area contributed by atoms with Crippen LogP contribution in [0.1, 0.15) is 6.92 Å². The van der Waals surface area contributed by atoms with Crippen molar-refractivity contribution in [2.24, 2.45) is 5.73 Å². The number of hydrogen-bond donors (Lipinski definition) is 2. The van der Waals surface area contributed by atoms with Gasteiger partial charge in [-0.25, -0.2) is 0 Å². The molecule has 1 aromatic rings. The summed E-state index contributed by atoms with van der Waals surface area (Å²) in [4.78, 5) is 21.1. The van der Waals surface area contributed by atoms with Crippen molar-refractivity contribution in [1.29, 1.82) is 0 Å². The largest absolute Gasteiger partial charge is 0.325 e. The molecule has 0 aromatic heterocycles. The molecule has 0 aliphatic rings. The Morgan fingerprint density at radius 3 is 2.69 bits per heavy atom. The SMILES string of the molecule is C[C@H](N)C(=O)Nc1ccc([N+](=O)[O-])c(Cl)c1. The standard InChI is InChI=1S/C9H10ClN3O3/c1-5(11)9(14)12-6-2-3-8(13(15)16)7(10)4-6/h2-5H,11H2,1H3,(H,12,14)/t5-/m0/s1. The topological polar surface area (TPSA) is 98.3 Å². The van der Waals surface area contributed by atoms with E-state index in [9.17, 15) is 14.9 Å². The van der Waals surface area contributed by atoms with Crippen LogP contribution in [0.5, 0.6) is 0 Å². The zero-order chi connectivity index (χ0) is 12.3. The molecule has 0 bridgehead atoms. The van der Waals surface area contributed by atoms with Gasteiger partial charge in [-0.15, -0.1) is 0 Å². The van der Waals surface area contributed by atoms with Crippen molar-refractivity contribution in [2.45, 2.75) is 13.0 Å². The number of hydrogen-bond acceptors (Lipinski definition) is 4. The van der Waals surface area contributed by atoms with Crippen molar-refractivity contribution < 1.29 is 9.72 Å². The van der Waals surface area contributed by atoms with Crippen molar-refractivity contribution >= 4 is 28.9 Å². The number of nitro benzene ring substituents is 1. The van der Waals surface area contributed by atoms with E-state index < -0.39 is 11.0 Å². The summed E-state index contributed by atoms with van der Waals surface area (Å²) in [5.41, 5.74) is 5.51. The Hall–Kier alpha value is -1.66. The highest BCUT2D eigenvalue weighted by atomic mass is 35.5. The molecule has 0 spiro atoms. The minimum absolute atomic E-state index is 0.0347. The lowest BCUT2D eigenvalue weighted by Crippen LogP contribution is -2.32. The molecule has 0 aliphatic carbocycles. The number of nitrogens with zero attached hydrogens (tertiary/aromatic N) is 1. The molecule has 1 amide bonds. The number of anilines is 1. The van der Waals surface area contributed by atoms with E-state index in [1.54, 1.807) is 0 Å². The van der Waals surface area contributed by atoms with Gasteiger partial charge < -0.3 is 11.1 Å². The molecule has 1 aromatic carbocycles. The van der Waals surface area contributed by atoms with Crippen LogP contribution in [0.25, 0.3) is 0 Å². The third kappa shape index (κ3) is 2.91. The molecule has 0 saturated carbocycles. The van der Waals surface area contributed by atoms with Gasteiger partial charge >= 0.3 is 0 Å². The lowest BCUT2D eigenvalue weighted by Gasteiger charge is -2.07. The summed E-state index contributed by atoms with van der Waals surface area (Å²) in [6.07, 6.45) is 0. The smallest absolute Gasteiger partial charge is 0.288 e. The van der Waals surface area contributed by atoms with E-state index in [0.29, 0.717) is 5.69 Å². The first-order valence-corrected chi connectivity index (χ1v) is 4.80. The number of benzene rings is 1. The third-order valence-corrected chi connectivity index (χ3v) is 2.13. The maximum absolute atomic E-state index is 11.2. The van der Waals surface area contributed by atoms with Gasteiger partial charge in [-0.05, 0) is 19.1 Å². The summed E-state index contributed by atoms with van der Waals surface area (Å²) >= 11 is 5.66. The fourth-order valence-corrected chi connectivity index (χ4v) is 1.24. The van der Waals surface area contributed by atoms with Gasteiger partial charge in [-0.2, -0.15) is 0 Å². The Labute approximate surface area is 96.5 Å². The van der Waals surface area contributed by atoms with Crippen molar-refractivity contribution in [3.8, 4) is 0 Å². The van der Waals surface area contributed by atoms with E-state index in [-0.39, 0.29) is 16.6 Å². The zero-order valence-electron chi connectivity index (χ0n) is 8.44. The maximum Gasteiger partial charge on any atom is 0.288 e. The van der Waals surface area contributed by atoms with Crippen LogP contribution in [0.15, 0.2) is 18.2 Å². The van der Waals surface area contributed by atoms with Crippen LogP contribution in [0.3, 0.4) is 0 Å². The number of amides is 1. The van der Waals surface area contributed by atoms with Crippen molar-refractivity contribution in [3.05, 3.63) is 33.3 Å². The van der Waals surface area contributed by atoms with E-state index in [2.05, 4.69) is 5.32 Å². The molecule has 0 heterocycles. The molecule has 6 nitrogen and oxygen atoms in total. The Kier molecular flexibility index (Phi) is 3.81. The Morgan fingerprint density at radius 2 is 2.25 bits per heavy atom. The molecule has 0 aliphatic heterocycles. The highest BCUT2D eigenvalue weighted by Crippen LogP contribution is 2.27. The summed E-state index contributed by atoms with van der Waals surface area (Å²) in [6, 6.07) is 3.26. The number of nitro groups is 1. The van der Waals surface area contributed by atoms with Gasteiger partial charge in [-0.3, -0.25) is 14.9 Å². The number of rotatable bonds is 3. The predicted molar refractivity (Wildman–Crippen MR) is 60.4 cm³/mol. The quantitative estimate of drug-likeness (QED) is 0.621. The number of halogens is 1. The van der Waals surface area contributed by atoms with E-state index >= 15 is 0 Å². The van der Waals surface area contributed by atoms with Crippen LogP contribution in [-0.2, 0) is 4.79 Å². The number of carbonyl (C=O) groups is 1. The predicted octanol–water partition coefficient (Wildman–Crippen LogP) is 1.53. The van der Waals surface area contributed by atoms with E-state index in [1.807, 2.05) is 0 Å². The first-order chi connectivity index (χ1) is 7.41. The van der Waals surface area contributed by atoms with Crippen LogP contribution in [0.4, 0.5) is 11.4 Å². The second-order valence-electron chi connectivity index (χ2n) is 3.20. The molecule has 7 heteroatoms. The van der Waals surface area contributed by atoms with E-state index in [4.69, 9.17) is 17.3 Å². The molecule has 0 fully saturated rings. The van der Waals surface area contributed by atoms with Crippen LogP contribution in [-0.4, -0.2) is 16.9 Å². The molecule has 3 N–H and O–H groups in total. The van der Waals surface area contributed by atoms with E-state index in [1.165, 1.54) is 25.1 Å². The van der Waals surface area contributed by atoms with Gasteiger partial charge in [0.1, 0.15) is 5.02 Å². The normalized spacial score (nSPS) is 11.9. The fourth-order valence-electron chi connectivity index (χ4n) is 0.989. The van der Waals surface area contributed by atoms with Crippen molar-refractivity contribution in [3.63, 3.8) is 0 Å².